The van der Waals surface area contributed by atoms with E-state index in [1.807, 2.05) is 24.5 Å². The van der Waals surface area contributed by atoms with Gasteiger partial charge in [-0.25, -0.2) is 9.97 Å². The molecule has 6 aromatic rings. The number of ether oxygens (including phenoxy) is 1. The van der Waals surface area contributed by atoms with Crippen molar-refractivity contribution in [3.05, 3.63) is 132 Å². The van der Waals surface area contributed by atoms with Gasteiger partial charge >= 0.3 is 0 Å². The van der Waals surface area contributed by atoms with Gasteiger partial charge in [0.05, 0.1) is 22.6 Å². The van der Waals surface area contributed by atoms with Gasteiger partial charge in [0.1, 0.15) is 23.3 Å². The Kier molecular flexibility index (Phi) is 6.47. The SMILES string of the molecule is C=C(C(Oc1ccc2c(c1)-n1c3ncccc3c3cccc(c31)C2(C)C)[C@@H](C)C(C)C)N1c2ccccc2C(C)(C)c2cccnc21. The smallest absolute Gasteiger partial charge is 0.145 e. The van der Waals surface area contributed by atoms with E-state index >= 15 is 0 Å². The third kappa shape index (κ3) is 4.15. The zero-order valence-electron chi connectivity index (χ0n) is 28.4. The first-order valence-corrected chi connectivity index (χ1v) is 16.8. The minimum atomic E-state index is -0.305. The molecule has 5 nitrogen and oxygen atoms in total. The van der Waals surface area contributed by atoms with Gasteiger partial charge in [-0.1, -0.05) is 104 Å². The molecule has 0 spiro atoms. The van der Waals surface area contributed by atoms with Crippen LogP contribution in [0.1, 0.15) is 70.7 Å². The Balaban J connectivity index is 1.27. The van der Waals surface area contributed by atoms with E-state index in [4.69, 9.17) is 21.3 Å². The van der Waals surface area contributed by atoms with Gasteiger partial charge in [-0.15, -0.1) is 0 Å². The van der Waals surface area contributed by atoms with Gasteiger partial charge in [-0.2, -0.15) is 0 Å². The molecule has 0 bridgehead atoms. The van der Waals surface area contributed by atoms with Gasteiger partial charge in [0.2, 0.25) is 0 Å². The number of rotatable bonds is 6. The number of hydrogen-bond acceptors (Lipinski definition) is 4. The molecule has 0 saturated carbocycles. The molecule has 0 aliphatic carbocycles. The van der Waals surface area contributed by atoms with Crippen LogP contribution in [0.4, 0.5) is 11.5 Å². The maximum Gasteiger partial charge on any atom is 0.145 e. The predicted molar refractivity (Wildman–Crippen MR) is 193 cm³/mol. The molecule has 0 radical (unpaired) electrons. The largest absolute Gasteiger partial charge is 0.484 e. The molecule has 0 saturated heterocycles. The molecule has 8 rings (SSSR count). The van der Waals surface area contributed by atoms with Crippen LogP contribution in [0.5, 0.6) is 5.75 Å². The van der Waals surface area contributed by atoms with Crippen LogP contribution in [-0.2, 0) is 10.8 Å². The molecule has 5 heteroatoms. The second-order valence-electron chi connectivity index (χ2n) is 14.7. The van der Waals surface area contributed by atoms with Crippen LogP contribution in [0.15, 0.2) is 110 Å². The van der Waals surface area contributed by atoms with Crippen molar-refractivity contribution in [2.45, 2.75) is 65.4 Å². The molecule has 2 atom stereocenters. The minimum Gasteiger partial charge on any atom is -0.484 e. The molecule has 0 fully saturated rings. The number of nitrogens with zero attached hydrogens (tertiary/aromatic N) is 4. The third-order valence-electron chi connectivity index (χ3n) is 11.0. The van der Waals surface area contributed by atoms with Crippen molar-refractivity contribution in [1.82, 2.24) is 14.5 Å². The number of hydrogen-bond donors (Lipinski definition) is 0. The Morgan fingerprint density at radius 1 is 0.702 bits per heavy atom. The molecule has 1 unspecified atom stereocenters. The highest BCUT2D eigenvalue weighted by Crippen LogP contribution is 2.51. The Bertz CT molecular complexity index is 2170. The number of fused-ring (bicyclic) bond motifs is 7. The third-order valence-corrected chi connectivity index (χ3v) is 11.0. The predicted octanol–water partition coefficient (Wildman–Crippen LogP) is 10.2. The van der Waals surface area contributed by atoms with Gasteiger partial charge in [0.25, 0.3) is 0 Å². The van der Waals surface area contributed by atoms with Crippen LogP contribution >= 0.6 is 0 Å². The van der Waals surface area contributed by atoms with Gasteiger partial charge in [0, 0.05) is 51.5 Å². The maximum atomic E-state index is 7.14. The summed E-state index contributed by atoms with van der Waals surface area (Å²) in [6, 6.07) is 30.3. The number of anilines is 2. The van der Waals surface area contributed by atoms with Crippen LogP contribution in [0.2, 0.25) is 0 Å². The monoisotopic (exact) mass is 618 g/mol. The lowest BCUT2D eigenvalue weighted by Gasteiger charge is -2.44. The van der Waals surface area contributed by atoms with Crippen molar-refractivity contribution >= 4 is 33.4 Å². The van der Waals surface area contributed by atoms with Crippen LogP contribution in [0.25, 0.3) is 27.6 Å². The van der Waals surface area contributed by atoms with Gasteiger partial charge < -0.3 is 4.74 Å². The highest BCUT2D eigenvalue weighted by molar-refractivity contribution is 6.10. The van der Waals surface area contributed by atoms with E-state index in [1.54, 1.807) is 0 Å². The van der Waals surface area contributed by atoms with Crippen molar-refractivity contribution < 1.29 is 4.74 Å². The number of aromatic nitrogens is 3. The normalized spacial score (nSPS) is 16.8. The Morgan fingerprint density at radius 2 is 1.36 bits per heavy atom. The van der Waals surface area contributed by atoms with Gasteiger partial charge in [-0.05, 0) is 52.9 Å². The summed E-state index contributed by atoms with van der Waals surface area (Å²) >= 11 is 0. The molecule has 2 aliphatic heterocycles. The molecule has 0 amide bonds. The molecule has 5 heterocycles. The lowest BCUT2D eigenvalue weighted by Crippen LogP contribution is -2.40. The lowest BCUT2D eigenvalue weighted by atomic mass is 9.74. The average Bonchev–Trinajstić information content (AvgIpc) is 3.41. The topological polar surface area (TPSA) is 43.2 Å². The number of pyridine rings is 2. The highest BCUT2D eigenvalue weighted by atomic mass is 16.5. The summed E-state index contributed by atoms with van der Waals surface area (Å²) in [6.07, 6.45) is 3.46. The molecule has 2 aliphatic rings. The van der Waals surface area contributed by atoms with Crippen LogP contribution < -0.4 is 9.64 Å². The summed E-state index contributed by atoms with van der Waals surface area (Å²) in [7, 11) is 0. The van der Waals surface area contributed by atoms with E-state index in [2.05, 4.69) is 131 Å². The van der Waals surface area contributed by atoms with Crippen LogP contribution in [0, 0.1) is 11.8 Å². The lowest BCUT2D eigenvalue weighted by molar-refractivity contribution is 0.145. The van der Waals surface area contributed by atoms with E-state index in [0.29, 0.717) is 5.92 Å². The Hall–Kier alpha value is -4.90. The van der Waals surface area contributed by atoms with Crippen LogP contribution in [0.3, 0.4) is 0 Å². The fourth-order valence-electron chi connectivity index (χ4n) is 7.99. The average molecular weight is 619 g/mol. The Labute approximate surface area is 277 Å². The fraction of sp³-hybridized carbons (Fsp3) is 0.286. The zero-order chi connectivity index (χ0) is 32.8. The minimum absolute atomic E-state index is 0.172. The second kappa shape index (κ2) is 10.3. The quantitative estimate of drug-likeness (QED) is 0.186. The first kappa shape index (κ1) is 29.5. The standard InChI is InChI=1S/C42H42N4O/c1-25(2)26(3)38(27(4)45-35-19-10-9-16-31(35)42(7,8)34-18-13-23-44-40(34)45)47-28-20-21-32-36(24-28)46-37-29(30-15-12-22-43-39(30)46)14-11-17-33(37)41(32,5)6/h9-26,38H,4H2,1-3,5-8H3/t26-,38?/m0/s1. The first-order chi connectivity index (χ1) is 22.5. The summed E-state index contributed by atoms with van der Waals surface area (Å²) in [5.41, 5.74) is 9.91. The summed E-state index contributed by atoms with van der Waals surface area (Å²) in [5, 5.41) is 2.39. The summed E-state index contributed by atoms with van der Waals surface area (Å²) in [6.45, 7) is 20.8. The maximum absolute atomic E-state index is 7.14. The van der Waals surface area contributed by atoms with Crippen molar-refractivity contribution in [2.24, 2.45) is 11.8 Å². The Morgan fingerprint density at radius 3 is 2.17 bits per heavy atom. The molecule has 3 aromatic carbocycles. The molecular formula is C42H42N4O. The number of benzene rings is 3. The molecule has 47 heavy (non-hydrogen) atoms. The summed E-state index contributed by atoms with van der Waals surface area (Å²) < 4.78 is 9.48. The van der Waals surface area contributed by atoms with E-state index < -0.39 is 0 Å². The van der Waals surface area contributed by atoms with Crippen LogP contribution in [-0.4, -0.2) is 20.6 Å². The molecule has 3 aromatic heterocycles. The first-order valence-electron chi connectivity index (χ1n) is 16.8. The number of para-hydroxylation sites is 2. The van der Waals surface area contributed by atoms with E-state index in [9.17, 15) is 0 Å². The van der Waals surface area contributed by atoms with Gasteiger partial charge in [0.15, 0.2) is 0 Å². The van der Waals surface area contributed by atoms with E-state index in [1.165, 1.54) is 33.2 Å². The molecular weight excluding hydrogens is 576 g/mol. The van der Waals surface area contributed by atoms with Crippen molar-refractivity contribution in [2.75, 3.05) is 4.90 Å². The van der Waals surface area contributed by atoms with E-state index in [0.717, 1.165) is 39.7 Å². The summed E-state index contributed by atoms with van der Waals surface area (Å²) in [4.78, 5) is 12.1. The van der Waals surface area contributed by atoms with Gasteiger partial charge in [-0.3, -0.25) is 9.47 Å². The zero-order valence-corrected chi connectivity index (χ0v) is 28.4. The molecule has 0 N–H and O–H groups in total. The van der Waals surface area contributed by atoms with E-state index in [-0.39, 0.29) is 22.9 Å². The van der Waals surface area contributed by atoms with Crippen molar-refractivity contribution in [3.8, 4) is 11.4 Å². The van der Waals surface area contributed by atoms with Crippen molar-refractivity contribution in [3.63, 3.8) is 0 Å². The summed E-state index contributed by atoms with van der Waals surface area (Å²) in [5.74, 6) is 2.26. The molecule has 236 valence electrons. The van der Waals surface area contributed by atoms with Crippen molar-refractivity contribution in [1.29, 1.82) is 0 Å². The highest BCUT2D eigenvalue weighted by Gasteiger charge is 2.41. The fourth-order valence-corrected chi connectivity index (χ4v) is 7.99. The second-order valence-corrected chi connectivity index (χ2v) is 14.7.